The molecule has 4 rings (SSSR count). The number of rotatable bonds is 2. The second-order valence-corrected chi connectivity index (χ2v) is 5.80. The first-order chi connectivity index (χ1) is 11.7. The van der Waals surface area contributed by atoms with Crippen molar-refractivity contribution < 1.29 is 4.74 Å². The lowest BCUT2D eigenvalue weighted by molar-refractivity contribution is 0.0971. The summed E-state index contributed by atoms with van der Waals surface area (Å²) in [5, 5.41) is 9.50. The van der Waals surface area contributed by atoms with E-state index in [0.717, 1.165) is 12.8 Å². The highest BCUT2D eigenvalue weighted by Crippen LogP contribution is 2.16. The van der Waals surface area contributed by atoms with E-state index >= 15 is 0 Å². The largest absolute Gasteiger partial charge is 0.376 e. The first-order valence-electron chi connectivity index (χ1n) is 7.75. The van der Waals surface area contributed by atoms with Gasteiger partial charge in [-0.05, 0) is 31.0 Å². The van der Waals surface area contributed by atoms with Gasteiger partial charge in [-0.15, -0.1) is 0 Å². The predicted molar refractivity (Wildman–Crippen MR) is 86.9 cm³/mol. The van der Waals surface area contributed by atoms with Crippen molar-refractivity contribution in [1.82, 2.24) is 14.0 Å². The quantitative estimate of drug-likeness (QED) is 0.658. The number of hydrogen-bond acceptors (Lipinski definition) is 5. The van der Waals surface area contributed by atoms with Crippen molar-refractivity contribution in [3.05, 3.63) is 56.7 Å². The van der Waals surface area contributed by atoms with Crippen LogP contribution in [0.15, 0.2) is 40.1 Å². The fraction of sp³-hybridized carbons (Fsp3) is 0.294. The van der Waals surface area contributed by atoms with Crippen LogP contribution >= 0.6 is 0 Å². The second kappa shape index (κ2) is 5.58. The third-order valence-corrected chi connectivity index (χ3v) is 4.30. The Balaban J connectivity index is 2.07. The maximum absolute atomic E-state index is 12.7. The first kappa shape index (κ1) is 14.6. The van der Waals surface area contributed by atoms with Crippen molar-refractivity contribution in [2.45, 2.75) is 25.5 Å². The van der Waals surface area contributed by atoms with Crippen LogP contribution in [0.25, 0.3) is 16.7 Å². The standard InChI is InChI=1S/C17H14N4O3/c18-9-11-8-13-15(19-14-5-1-2-6-20(14)17(13)23)21(16(11)22)10-12-4-3-7-24-12/h1-2,5-6,8,12H,3-4,7,10H2/t12-/m0/s1. The van der Waals surface area contributed by atoms with Crippen LogP contribution in [0.3, 0.4) is 0 Å². The van der Waals surface area contributed by atoms with E-state index in [1.54, 1.807) is 24.4 Å². The summed E-state index contributed by atoms with van der Waals surface area (Å²) in [6.45, 7) is 0.953. The lowest BCUT2D eigenvalue weighted by atomic mass is 10.2. The zero-order chi connectivity index (χ0) is 16.7. The van der Waals surface area contributed by atoms with Crippen LogP contribution in [-0.2, 0) is 11.3 Å². The molecular formula is C17H14N4O3. The van der Waals surface area contributed by atoms with Gasteiger partial charge in [-0.3, -0.25) is 18.6 Å². The van der Waals surface area contributed by atoms with Gasteiger partial charge in [0.25, 0.3) is 11.1 Å². The molecule has 0 N–H and O–H groups in total. The summed E-state index contributed by atoms with van der Waals surface area (Å²) >= 11 is 0. The molecule has 1 atom stereocenters. The summed E-state index contributed by atoms with van der Waals surface area (Å²) in [4.78, 5) is 29.8. The highest BCUT2D eigenvalue weighted by molar-refractivity contribution is 5.77. The summed E-state index contributed by atoms with van der Waals surface area (Å²) in [7, 11) is 0. The molecule has 1 aliphatic rings. The van der Waals surface area contributed by atoms with Crippen LogP contribution in [0.4, 0.5) is 0 Å². The normalized spacial score (nSPS) is 17.4. The predicted octanol–water partition coefficient (Wildman–Crippen LogP) is 1.06. The molecule has 7 nitrogen and oxygen atoms in total. The van der Waals surface area contributed by atoms with E-state index in [2.05, 4.69) is 4.98 Å². The van der Waals surface area contributed by atoms with Crippen LogP contribution in [0.2, 0.25) is 0 Å². The van der Waals surface area contributed by atoms with Gasteiger partial charge in [0.1, 0.15) is 17.3 Å². The van der Waals surface area contributed by atoms with Crippen molar-refractivity contribution in [1.29, 1.82) is 5.26 Å². The van der Waals surface area contributed by atoms with E-state index < -0.39 is 5.56 Å². The number of nitriles is 1. The maximum Gasteiger partial charge on any atom is 0.270 e. The van der Waals surface area contributed by atoms with E-state index in [-0.39, 0.29) is 22.6 Å². The lowest BCUT2D eigenvalue weighted by Gasteiger charge is -2.14. The minimum Gasteiger partial charge on any atom is -0.376 e. The van der Waals surface area contributed by atoms with Gasteiger partial charge in [-0.25, -0.2) is 4.98 Å². The van der Waals surface area contributed by atoms with Gasteiger partial charge in [0.05, 0.1) is 18.0 Å². The Bertz CT molecular complexity index is 1100. The highest BCUT2D eigenvalue weighted by Gasteiger charge is 2.21. The third kappa shape index (κ3) is 2.20. The number of aromatic nitrogens is 3. The van der Waals surface area contributed by atoms with Crippen molar-refractivity contribution in [2.24, 2.45) is 0 Å². The molecule has 3 aromatic heterocycles. The van der Waals surface area contributed by atoms with Crippen LogP contribution in [0, 0.1) is 11.3 Å². The Hall–Kier alpha value is -2.98. The molecule has 0 aliphatic carbocycles. The molecule has 1 saturated heterocycles. The monoisotopic (exact) mass is 322 g/mol. The molecule has 4 heterocycles. The van der Waals surface area contributed by atoms with Gasteiger partial charge in [-0.1, -0.05) is 6.07 Å². The number of hydrogen-bond donors (Lipinski definition) is 0. The number of ether oxygens (including phenoxy) is 1. The van der Waals surface area contributed by atoms with Crippen molar-refractivity contribution in [3.63, 3.8) is 0 Å². The Morgan fingerprint density at radius 1 is 1.33 bits per heavy atom. The zero-order valence-corrected chi connectivity index (χ0v) is 12.8. The molecule has 0 aromatic carbocycles. The van der Waals surface area contributed by atoms with Gasteiger partial charge in [0.2, 0.25) is 0 Å². The van der Waals surface area contributed by atoms with E-state index in [0.29, 0.717) is 24.4 Å². The van der Waals surface area contributed by atoms with Gasteiger partial charge in [0, 0.05) is 12.8 Å². The molecule has 7 heteroatoms. The summed E-state index contributed by atoms with van der Waals surface area (Å²) in [5.74, 6) is 0. The minimum absolute atomic E-state index is 0.0599. The molecule has 0 spiro atoms. The average Bonchev–Trinajstić information content (AvgIpc) is 3.11. The molecule has 3 aromatic rings. The van der Waals surface area contributed by atoms with Gasteiger partial charge in [-0.2, -0.15) is 5.26 Å². The van der Waals surface area contributed by atoms with Gasteiger partial charge < -0.3 is 4.74 Å². The Kier molecular flexibility index (Phi) is 3.40. The van der Waals surface area contributed by atoms with E-state index in [1.807, 2.05) is 6.07 Å². The van der Waals surface area contributed by atoms with E-state index in [4.69, 9.17) is 4.74 Å². The van der Waals surface area contributed by atoms with Crippen molar-refractivity contribution >= 4 is 16.7 Å². The summed E-state index contributed by atoms with van der Waals surface area (Å²) < 4.78 is 8.41. The molecule has 1 aliphatic heterocycles. The highest BCUT2D eigenvalue weighted by atomic mass is 16.5. The van der Waals surface area contributed by atoms with E-state index in [9.17, 15) is 14.9 Å². The lowest BCUT2D eigenvalue weighted by Crippen LogP contribution is -2.31. The zero-order valence-electron chi connectivity index (χ0n) is 12.8. The molecule has 0 unspecified atom stereocenters. The number of fused-ring (bicyclic) bond motifs is 2. The molecule has 0 bridgehead atoms. The van der Waals surface area contributed by atoms with Gasteiger partial charge in [0.15, 0.2) is 5.65 Å². The maximum atomic E-state index is 12.7. The summed E-state index contributed by atoms with van der Waals surface area (Å²) in [6, 6.07) is 8.43. The smallest absolute Gasteiger partial charge is 0.270 e. The Labute approximate surface area is 136 Å². The number of pyridine rings is 2. The van der Waals surface area contributed by atoms with Crippen LogP contribution in [-0.4, -0.2) is 26.7 Å². The van der Waals surface area contributed by atoms with Gasteiger partial charge >= 0.3 is 0 Å². The molecule has 0 saturated carbocycles. The van der Waals surface area contributed by atoms with Crippen LogP contribution in [0.1, 0.15) is 18.4 Å². The van der Waals surface area contributed by atoms with Crippen molar-refractivity contribution in [2.75, 3.05) is 6.61 Å². The second-order valence-electron chi connectivity index (χ2n) is 5.80. The molecular weight excluding hydrogens is 308 g/mol. The molecule has 1 fully saturated rings. The van der Waals surface area contributed by atoms with Crippen molar-refractivity contribution in [3.8, 4) is 6.07 Å². The number of nitrogens with zero attached hydrogens (tertiary/aromatic N) is 4. The first-order valence-corrected chi connectivity index (χ1v) is 7.75. The van der Waals surface area contributed by atoms with Crippen LogP contribution in [0.5, 0.6) is 0 Å². The Morgan fingerprint density at radius 2 is 2.21 bits per heavy atom. The third-order valence-electron chi connectivity index (χ3n) is 4.30. The molecule has 0 amide bonds. The topological polar surface area (TPSA) is 89.4 Å². The van der Waals surface area contributed by atoms with Crippen LogP contribution < -0.4 is 11.1 Å². The fourth-order valence-corrected chi connectivity index (χ4v) is 3.11. The molecule has 120 valence electrons. The fourth-order valence-electron chi connectivity index (χ4n) is 3.11. The minimum atomic E-state index is -0.437. The SMILES string of the molecule is N#Cc1cc2c(=O)n3ccccc3nc2n(C[C@@H]2CCCO2)c1=O. The van der Waals surface area contributed by atoms with E-state index in [1.165, 1.54) is 15.0 Å². The molecule has 24 heavy (non-hydrogen) atoms. The molecule has 0 radical (unpaired) electrons. The summed E-state index contributed by atoms with van der Waals surface area (Å²) in [6.07, 6.45) is 3.30. The Morgan fingerprint density at radius 3 is 2.96 bits per heavy atom. The summed E-state index contributed by atoms with van der Waals surface area (Å²) in [5.41, 5.74) is -0.0398. The average molecular weight is 322 g/mol.